The van der Waals surface area contributed by atoms with E-state index in [4.69, 9.17) is 8.83 Å². The van der Waals surface area contributed by atoms with Crippen molar-refractivity contribution in [3.8, 4) is 0 Å². The molecule has 2 heterocycles. The zero-order valence-electron chi connectivity index (χ0n) is 12.3. The molecule has 0 saturated heterocycles. The van der Waals surface area contributed by atoms with Crippen molar-refractivity contribution >= 4 is 0 Å². The first kappa shape index (κ1) is 13.3. The van der Waals surface area contributed by atoms with Crippen molar-refractivity contribution in [2.75, 3.05) is 0 Å². The topological polar surface area (TPSA) is 77.8 Å². The highest BCUT2D eigenvalue weighted by molar-refractivity contribution is 5.09. The van der Waals surface area contributed by atoms with Crippen LogP contribution in [0.15, 0.2) is 8.83 Å². The molecule has 0 amide bonds. The van der Waals surface area contributed by atoms with Crippen LogP contribution in [0, 0.1) is 12.8 Å². The van der Waals surface area contributed by atoms with E-state index < -0.39 is 0 Å². The summed E-state index contributed by atoms with van der Waals surface area (Å²) >= 11 is 0. The first-order valence-corrected chi connectivity index (χ1v) is 7.18. The van der Waals surface area contributed by atoms with Gasteiger partial charge in [-0.3, -0.25) is 0 Å². The Kier molecular flexibility index (Phi) is 3.31. The SMILES string of the molecule is Cc1nnc(C(C)CC2CC2c2nnc(C(C)C)o2)o1. The predicted octanol–water partition coefficient (Wildman–Crippen LogP) is 3.18. The van der Waals surface area contributed by atoms with Crippen molar-refractivity contribution in [2.45, 2.75) is 58.3 Å². The van der Waals surface area contributed by atoms with Crippen molar-refractivity contribution in [1.29, 1.82) is 0 Å². The molecule has 3 atom stereocenters. The third kappa shape index (κ3) is 2.59. The minimum Gasteiger partial charge on any atom is -0.425 e. The maximum atomic E-state index is 5.72. The second-order valence-electron chi connectivity index (χ2n) is 6.03. The van der Waals surface area contributed by atoms with Gasteiger partial charge in [0.15, 0.2) is 0 Å². The van der Waals surface area contributed by atoms with Crippen LogP contribution in [0.3, 0.4) is 0 Å². The Hall–Kier alpha value is -1.72. The molecule has 3 unspecified atom stereocenters. The normalized spacial score (nSPS) is 23.2. The number of hydrogen-bond donors (Lipinski definition) is 0. The maximum absolute atomic E-state index is 5.72. The van der Waals surface area contributed by atoms with Gasteiger partial charge in [0, 0.05) is 24.7 Å². The third-order valence-electron chi connectivity index (χ3n) is 3.81. The molecular weight excluding hydrogens is 256 g/mol. The molecule has 20 heavy (non-hydrogen) atoms. The summed E-state index contributed by atoms with van der Waals surface area (Å²) in [5.74, 6) is 4.41. The second kappa shape index (κ2) is 5.00. The highest BCUT2D eigenvalue weighted by Gasteiger charge is 2.43. The molecule has 108 valence electrons. The lowest BCUT2D eigenvalue weighted by Crippen LogP contribution is -1.96. The van der Waals surface area contributed by atoms with Gasteiger partial charge in [0.25, 0.3) is 0 Å². The van der Waals surface area contributed by atoms with Crippen molar-refractivity contribution in [1.82, 2.24) is 20.4 Å². The van der Waals surface area contributed by atoms with Crippen LogP contribution in [0.2, 0.25) is 0 Å². The average molecular weight is 276 g/mol. The molecule has 1 aliphatic rings. The van der Waals surface area contributed by atoms with Crippen LogP contribution < -0.4 is 0 Å². The summed E-state index contributed by atoms with van der Waals surface area (Å²) in [5.41, 5.74) is 0. The molecule has 1 fully saturated rings. The summed E-state index contributed by atoms with van der Waals surface area (Å²) in [6.45, 7) is 8.05. The molecule has 1 saturated carbocycles. The molecule has 2 aromatic rings. The number of nitrogens with zero attached hydrogens (tertiary/aromatic N) is 4. The molecule has 0 bridgehead atoms. The quantitative estimate of drug-likeness (QED) is 0.834. The Labute approximate surface area is 118 Å². The van der Waals surface area contributed by atoms with E-state index >= 15 is 0 Å². The minimum absolute atomic E-state index is 0.277. The van der Waals surface area contributed by atoms with E-state index in [9.17, 15) is 0 Å². The van der Waals surface area contributed by atoms with E-state index in [-0.39, 0.29) is 11.8 Å². The van der Waals surface area contributed by atoms with Gasteiger partial charge in [-0.05, 0) is 18.8 Å². The largest absolute Gasteiger partial charge is 0.425 e. The van der Waals surface area contributed by atoms with Crippen LogP contribution in [-0.2, 0) is 0 Å². The van der Waals surface area contributed by atoms with Crippen LogP contribution in [0.25, 0.3) is 0 Å². The Balaban J connectivity index is 1.58. The van der Waals surface area contributed by atoms with E-state index in [1.165, 1.54) is 0 Å². The van der Waals surface area contributed by atoms with Gasteiger partial charge >= 0.3 is 0 Å². The van der Waals surface area contributed by atoms with E-state index in [2.05, 4.69) is 41.2 Å². The molecule has 0 radical (unpaired) electrons. The lowest BCUT2D eigenvalue weighted by molar-refractivity contribution is 0.404. The standard InChI is InChI=1S/C14H20N4O2/c1-7(2)12-16-18-14(20-12)11-6-10(11)5-8(3)13-17-15-9(4)19-13/h7-8,10-11H,5-6H2,1-4H3. The van der Waals surface area contributed by atoms with Crippen LogP contribution in [-0.4, -0.2) is 20.4 Å². The summed E-state index contributed by atoms with van der Waals surface area (Å²) in [7, 11) is 0. The van der Waals surface area contributed by atoms with Crippen molar-refractivity contribution in [3.05, 3.63) is 23.6 Å². The average Bonchev–Trinajstić information content (AvgIpc) is 2.84. The number of rotatable bonds is 5. The zero-order chi connectivity index (χ0) is 14.3. The molecule has 0 spiro atoms. The Bertz CT molecular complexity index is 590. The summed E-state index contributed by atoms with van der Waals surface area (Å²) < 4.78 is 11.2. The summed E-state index contributed by atoms with van der Waals surface area (Å²) in [5, 5.41) is 16.2. The lowest BCUT2D eigenvalue weighted by atomic mass is 10.0. The molecule has 2 aromatic heterocycles. The van der Waals surface area contributed by atoms with Gasteiger partial charge in [-0.25, -0.2) is 0 Å². The van der Waals surface area contributed by atoms with Gasteiger partial charge < -0.3 is 8.83 Å². The fourth-order valence-electron chi connectivity index (χ4n) is 2.51. The Morgan fingerprint density at radius 1 is 1.05 bits per heavy atom. The van der Waals surface area contributed by atoms with Crippen LogP contribution in [0.4, 0.5) is 0 Å². The molecule has 6 nitrogen and oxygen atoms in total. The van der Waals surface area contributed by atoms with E-state index in [0.717, 1.165) is 30.5 Å². The van der Waals surface area contributed by atoms with E-state index in [0.29, 0.717) is 17.7 Å². The number of hydrogen-bond acceptors (Lipinski definition) is 6. The van der Waals surface area contributed by atoms with E-state index in [1.807, 2.05) is 6.92 Å². The minimum atomic E-state index is 0.277. The van der Waals surface area contributed by atoms with Crippen molar-refractivity contribution in [3.63, 3.8) is 0 Å². The van der Waals surface area contributed by atoms with Crippen LogP contribution >= 0.6 is 0 Å². The molecule has 1 aliphatic carbocycles. The summed E-state index contributed by atoms with van der Waals surface area (Å²) in [6.07, 6.45) is 2.13. The molecule has 0 aromatic carbocycles. The fourth-order valence-corrected chi connectivity index (χ4v) is 2.51. The maximum Gasteiger partial charge on any atom is 0.219 e. The monoisotopic (exact) mass is 276 g/mol. The highest BCUT2D eigenvalue weighted by Crippen LogP contribution is 2.51. The zero-order valence-corrected chi connectivity index (χ0v) is 12.3. The smallest absolute Gasteiger partial charge is 0.219 e. The number of aromatic nitrogens is 4. The second-order valence-corrected chi connectivity index (χ2v) is 6.03. The van der Waals surface area contributed by atoms with Gasteiger partial charge in [-0.2, -0.15) is 0 Å². The van der Waals surface area contributed by atoms with E-state index in [1.54, 1.807) is 0 Å². The van der Waals surface area contributed by atoms with Gasteiger partial charge in [0.1, 0.15) is 0 Å². The Morgan fingerprint density at radius 2 is 1.80 bits per heavy atom. The first-order valence-electron chi connectivity index (χ1n) is 7.18. The Morgan fingerprint density at radius 3 is 2.40 bits per heavy atom. The van der Waals surface area contributed by atoms with Crippen molar-refractivity contribution < 1.29 is 8.83 Å². The highest BCUT2D eigenvalue weighted by atomic mass is 16.4. The van der Waals surface area contributed by atoms with Crippen molar-refractivity contribution in [2.24, 2.45) is 5.92 Å². The van der Waals surface area contributed by atoms with Crippen LogP contribution in [0.5, 0.6) is 0 Å². The van der Waals surface area contributed by atoms with Gasteiger partial charge in [0.05, 0.1) is 0 Å². The first-order chi connectivity index (χ1) is 9.54. The van der Waals surface area contributed by atoms with Gasteiger partial charge in [0.2, 0.25) is 23.6 Å². The molecule has 0 N–H and O–H groups in total. The summed E-state index contributed by atoms with van der Waals surface area (Å²) in [4.78, 5) is 0. The van der Waals surface area contributed by atoms with Gasteiger partial charge in [-0.1, -0.05) is 20.8 Å². The molecule has 0 aliphatic heterocycles. The molecular formula is C14H20N4O2. The fraction of sp³-hybridized carbons (Fsp3) is 0.714. The predicted molar refractivity (Wildman–Crippen MR) is 71.3 cm³/mol. The van der Waals surface area contributed by atoms with Gasteiger partial charge in [-0.15, -0.1) is 20.4 Å². The lowest BCUT2D eigenvalue weighted by Gasteiger charge is -2.04. The third-order valence-corrected chi connectivity index (χ3v) is 3.81. The molecule has 6 heteroatoms. The number of aryl methyl sites for hydroxylation is 1. The molecule has 3 rings (SSSR count). The van der Waals surface area contributed by atoms with Crippen LogP contribution in [0.1, 0.15) is 74.9 Å². The summed E-state index contributed by atoms with van der Waals surface area (Å²) in [6, 6.07) is 0.